The zero-order chi connectivity index (χ0) is 20.8. The summed E-state index contributed by atoms with van der Waals surface area (Å²) in [6, 6.07) is 19.9. The van der Waals surface area contributed by atoms with Gasteiger partial charge in [0.2, 0.25) is 4.77 Å². The highest BCUT2D eigenvalue weighted by Gasteiger charge is 2.16. The van der Waals surface area contributed by atoms with Gasteiger partial charge in [-0.3, -0.25) is 9.36 Å². The van der Waals surface area contributed by atoms with Gasteiger partial charge in [-0.05, 0) is 42.4 Å². The number of nitrogens with zero attached hydrogens (tertiary/aromatic N) is 3. The van der Waals surface area contributed by atoms with Crippen LogP contribution in [0.1, 0.15) is 23.0 Å². The van der Waals surface area contributed by atoms with E-state index in [-0.39, 0.29) is 10.5 Å². The van der Waals surface area contributed by atoms with Gasteiger partial charge in [-0.25, -0.2) is 4.79 Å². The van der Waals surface area contributed by atoms with Crippen molar-refractivity contribution in [3.63, 3.8) is 0 Å². The fourth-order valence-electron chi connectivity index (χ4n) is 2.71. The van der Waals surface area contributed by atoms with Crippen LogP contribution in [-0.2, 0) is 4.74 Å². The molecule has 0 aliphatic carbocycles. The van der Waals surface area contributed by atoms with E-state index in [1.54, 1.807) is 30.5 Å². The number of para-hydroxylation sites is 1. The van der Waals surface area contributed by atoms with Crippen LogP contribution in [-0.4, -0.2) is 28.5 Å². The van der Waals surface area contributed by atoms with E-state index < -0.39 is 11.5 Å². The molecule has 6 nitrogen and oxygen atoms in total. The smallest absolute Gasteiger partial charge is 0.357 e. The lowest BCUT2D eigenvalue weighted by Gasteiger charge is -2.12. The highest BCUT2D eigenvalue weighted by molar-refractivity contribution is 7.71. The van der Waals surface area contributed by atoms with Crippen molar-refractivity contribution in [1.82, 2.24) is 9.24 Å². The fraction of sp³-hybridized carbons (Fsp3) is 0.0909. The zero-order valence-electron chi connectivity index (χ0n) is 16.0. The molecule has 0 bridgehead atoms. The van der Waals surface area contributed by atoms with Crippen molar-refractivity contribution in [3.05, 3.63) is 98.7 Å². The lowest BCUT2D eigenvalue weighted by Crippen LogP contribution is -2.26. The maximum Gasteiger partial charge on any atom is 0.357 e. The van der Waals surface area contributed by atoms with Gasteiger partial charge in [-0.2, -0.15) is 9.78 Å². The Morgan fingerprint density at radius 3 is 2.31 bits per heavy atom. The summed E-state index contributed by atoms with van der Waals surface area (Å²) >= 11 is 5.48. The molecule has 1 heterocycles. The van der Waals surface area contributed by atoms with Crippen LogP contribution in [0.25, 0.3) is 11.8 Å². The summed E-state index contributed by atoms with van der Waals surface area (Å²) in [5, 5.41) is 4.36. The highest BCUT2D eigenvalue weighted by atomic mass is 32.1. The number of benzene rings is 2. The van der Waals surface area contributed by atoms with Gasteiger partial charge in [0.25, 0.3) is 5.56 Å². The van der Waals surface area contributed by atoms with E-state index in [1.807, 2.05) is 49.4 Å². The quantitative estimate of drug-likeness (QED) is 0.364. The summed E-state index contributed by atoms with van der Waals surface area (Å²) in [6.45, 7) is 1.88. The van der Waals surface area contributed by atoms with Crippen LogP contribution in [0.4, 0.5) is 0 Å². The van der Waals surface area contributed by atoms with Crippen molar-refractivity contribution in [1.29, 1.82) is 0 Å². The second-order valence-electron chi connectivity index (χ2n) is 6.17. The van der Waals surface area contributed by atoms with Gasteiger partial charge >= 0.3 is 5.97 Å². The van der Waals surface area contributed by atoms with Crippen LogP contribution in [0.2, 0.25) is 0 Å². The summed E-state index contributed by atoms with van der Waals surface area (Å²) in [6.07, 6.45) is 3.52. The van der Waals surface area contributed by atoms with Crippen LogP contribution in [0.5, 0.6) is 0 Å². The monoisotopic (exact) mass is 405 g/mol. The minimum Gasteiger partial charge on any atom is -0.464 e. The molecule has 0 aliphatic heterocycles. The van der Waals surface area contributed by atoms with Gasteiger partial charge in [0.05, 0.1) is 19.0 Å². The Bertz CT molecular complexity index is 1190. The molecule has 146 valence electrons. The van der Waals surface area contributed by atoms with E-state index in [0.717, 1.165) is 11.1 Å². The standard InChI is InChI=1S/C22H19N3O3S/c1-16(13-17-9-5-3-6-10-17)15-23-25-19(21(27)28-2)14-20(26)24(22(25)29)18-11-7-4-8-12-18/h3-15H,1-2H3/b16-13+,23-15+. The molecule has 29 heavy (non-hydrogen) atoms. The number of ether oxygens (including phenoxy) is 1. The SMILES string of the molecule is COC(=O)c1cc(=O)n(-c2ccccc2)c(=S)n1/N=C/C(C)=C/c1ccccc1. The molecule has 0 amide bonds. The molecule has 0 atom stereocenters. The van der Waals surface area contributed by atoms with Crippen LogP contribution < -0.4 is 5.56 Å². The van der Waals surface area contributed by atoms with Crippen LogP contribution >= 0.6 is 12.2 Å². The second kappa shape index (κ2) is 9.07. The lowest BCUT2D eigenvalue weighted by atomic mass is 10.1. The molecule has 0 saturated carbocycles. The third kappa shape index (κ3) is 4.64. The molecule has 3 rings (SSSR count). The Morgan fingerprint density at radius 2 is 1.69 bits per heavy atom. The van der Waals surface area contributed by atoms with Crippen molar-refractivity contribution in [2.45, 2.75) is 6.92 Å². The molecular weight excluding hydrogens is 386 g/mol. The average Bonchev–Trinajstić information content (AvgIpc) is 2.73. The van der Waals surface area contributed by atoms with Gasteiger partial charge in [-0.1, -0.05) is 54.6 Å². The molecule has 7 heteroatoms. The predicted molar refractivity (Wildman–Crippen MR) is 116 cm³/mol. The number of allylic oxidation sites excluding steroid dienone is 1. The summed E-state index contributed by atoms with van der Waals surface area (Å²) < 4.78 is 7.40. The number of methoxy groups -OCH3 is 1. The number of hydrogen-bond acceptors (Lipinski definition) is 5. The number of carbonyl (C=O) groups excluding carboxylic acids is 1. The van der Waals surface area contributed by atoms with Gasteiger partial charge in [-0.15, -0.1) is 0 Å². The molecule has 3 aromatic rings. The molecule has 0 spiro atoms. The third-order valence-corrected chi connectivity index (χ3v) is 4.42. The van der Waals surface area contributed by atoms with Gasteiger partial charge < -0.3 is 4.74 Å². The molecule has 0 unspecified atom stereocenters. The summed E-state index contributed by atoms with van der Waals surface area (Å²) in [4.78, 5) is 24.8. The largest absolute Gasteiger partial charge is 0.464 e. The molecule has 0 fully saturated rings. The summed E-state index contributed by atoms with van der Waals surface area (Å²) in [5.41, 5.74) is 1.95. The van der Waals surface area contributed by atoms with Gasteiger partial charge in [0.15, 0.2) is 5.69 Å². The van der Waals surface area contributed by atoms with E-state index in [4.69, 9.17) is 17.0 Å². The highest BCUT2D eigenvalue weighted by Crippen LogP contribution is 2.10. The van der Waals surface area contributed by atoms with E-state index in [2.05, 4.69) is 5.10 Å². The Labute approximate surface area is 173 Å². The van der Waals surface area contributed by atoms with E-state index in [9.17, 15) is 9.59 Å². The van der Waals surface area contributed by atoms with Crippen molar-refractivity contribution in [3.8, 4) is 5.69 Å². The number of rotatable bonds is 5. The van der Waals surface area contributed by atoms with Crippen molar-refractivity contribution in [2.75, 3.05) is 7.11 Å². The van der Waals surface area contributed by atoms with Crippen LogP contribution in [0.3, 0.4) is 0 Å². The lowest BCUT2D eigenvalue weighted by molar-refractivity contribution is 0.0587. The van der Waals surface area contributed by atoms with Crippen molar-refractivity contribution < 1.29 is 9.53 Å². The van der Waals surface area contributed by atoms with Crippen LogP contribution in [0, 0.1) is 4.77 Å². The van der Waals surface area contributed by atoms with E-state index >= 15 is 0 Å². The summed E-state index contributed by atoms with van der Waals surface area (Å²) in [5.74, 6) is -0.699. The maximum atomic E-state index is 12.6. The van der Waals surface area contributed by atoms with Crippen molar-refractivity contribution >= 4 is 30.5 Å². The zero-order valence-corrected chi connectivity index (χ0v) is 16.8. The second-order valence-corrected chi connectivity index (χ2v) is 6.53. The topological polar surface area (TPSA) is 65.6 Å². The molecule has 0 aliphatic rings. The normalized spacial score (nSPS) is 11.6. The first-order chi connectivity index (χ1) is 14.0. The number of hydrogen-bond donors (Lipinski definition) is 0. The first-order valence-electron chi connectivity index (χ1n) is 8.82. The number of esters is 1. The Morgan fingerprint density at radius 1 is 1.07 bits per heavy atom. The number of aromatic nitrogens is 2. The Kier molecular flexibility index (Phi) is 6.31. The summed E-state index contributed by atoms with van der Waals surface area (Å²) in [7, 11) is 1.24. The van der Waals surface area contributed by atoms with E-state index in [1.165, 1.54) is 22.4 Å². The van der Waals surface area contributed by atoms with Gasteiger partial charge in [0.1, 0.15) is 0 Å². The Balaban J connectivity index is 2.13. The van der Waals surface area contributed by atoms with Crippen molar-refractivity contribution in [2.24, 2.45) is 5.10 Å². The molecule has 2 aromatic carbocycles. The van der Waals surface area contributed by atoms with Crippen LogP contribution in [0.15, 0.2) is 82.2 Å². The molecule has 1 aromatic heterocycles. The fourth-order valence-corrected chi connectivity index (χ4v) is 3.05. The van der Waals surface area contributed by atoms with E-state index in [0.29, 0.717) is 5.69 Å². The predicted octanol–water partition coefficient (Wildman–Crippen LogP) is 4.09. The average molecular weight is 405 g/mol. The molecule has 0 radical (unpaired) electrons. The minimum atomic E-state index is -0.699. The first kappa shape index (κ1) is 20.2. The molecule has 0 saturated heterocycles. The maximum absolute atomic E-state index is 12.6. The third-order valence-electron chi connectivity index (χ3n) is 4.06. The first-order valence-corrected chi connectivity index (χ1v) is 9.22. The number of carbonyl (C=O) groups is 1. The minimum absolute atomic E-state index is 0.0431. The Hall–Kier alpha value is -3.58. The van der Waals surface area contributed by atoms with Gasteiger partial charge in [0, 0.05) is 6.07 Å². The molecular formula is C22H19N3O3S. The molecule has 0 N–H and O–H groups in total.